The van der Waals surface area contributed by atoms with Gasteiger partial charge in [0.05, 0.1) is 5.84 Å². The van der Waals surface area contributed by atoms with Crippen molar-refractivity contribution in [3.05, 3.63) is 29.3 Å². The molecule has 1 saturated carbocycles. The number of benzene rings is 1. The van der Waals surface area contributed by atoms with Crippen molar-refractivity contribution in [3.63, 3.8) is 0 Å². The molecule has 2 nitrogen and oxygen atoms in total. The predicted molar refractivity (Wildman–Crippen MR) is 74.8 cm³/mol. The Balaban J connectivity index is 1.98. The summed E-state index contributed by atoms with van der Waals surface area (Å²) in [4.78, 5) is 1.37. The Kier molecular flexibility index (Phi) is 3.48. The molecule has 3 N–H and O–H groups in total. The second kappa shape index (κ2) is 4.73. The van der Waals surface area contributed by atoms with Crippen LogP contribution in [0.25, 0.3) is 0 Å². The molecule has 17 heavy (non-hydrogen) atoms. The van der Waals surface area contributed by atoms with E-state index >= 15 is 0 Å². The minimum atomic E-state index is 0.326. The Morgan fingerprint density at radius 1 is 1.41 bits per heavy atom. The first kappa shape index (κ1) is 12.5. The molecule has 0 aliphatic heterocycles. The van der Waals surface area contributed by atoms with Crippen molar-refractivity contribution < 1.29 is 0 Å². The third kappa shape index (κ3) is 3.25. The van der Waals surface area contributed by atoms with Gasteiger partial charge in [-0.25, -0.2) is 0 Å². The van der Waals surface area contributed by atoms with Crippen LogP contribution in [0.3, 0.4) is 0 Å². The number of hydrogen-bond donors (Lipinski definition) is 2. The molecule has 1 fully saturated rings. The molecule has 1 aromatic rings. The zero-order valence-corrected chi connectivity index (χ0v) is 11.4. The summed E-state index contributed by atoms with van der Waals surface area (Å²) in [5, 5.41) is 7.42. The molecule has 0 atom stereocenters. The lowest BCUT2D eigenvalue weighted by Gasteiger charge is -2.14. The Labute approximate surface area is 107 Å². The molecule has 0 amide bonds. The SMILES string of the molecule is Cc1ccc(C)c(SCC2(CC(=N)N)CC2)c1. The third-order valence-electron chi connectivity index (χ3n) is 3.40. The van der Waals surface area contributed by atoms with Gasteiger partial charge in [0.1, 0.15) is 0 Å². The van der Waals surface area contributed by atoms with Gasteiger partial charge in [-0.3, -0.25) is 5.41 Å². The van der Waals surface area contributed by atoms with Gasteiger partial charge in [0.2, 0.25) is 0 Å². The fourth-order valence-corrected chi connectivity index (χ4v) is 3.46. The predicted octanol–water partition coefficient (Wildman–Crippen LogP) is 3.50. The van der Waals surface area contributed by atoms with E-state index < -0.39 is 0 Å². The highest BCUT2D eigenvalue weighted by molar-refractivity contribution is 7.99. The van der Waals surface area contributed by atoms with Crippen LogP contribution in [-0.4, -0.2) is 11.6 Å². The second-order valence-corrected chi connectivity index (χ2v) is 6.28. The highest BCUT2D eigenvalue weighted by Gasteiger charge is 2.42. The highest BCUT2D eigenvalue weighted by atomic mass is 32.2. The van der Waals surface area contributed by atoms with Crippen molar-refractivity contribution in [2.75, 3.05) is 5.75 Å². The van der Waals surface area contributed by atoms with E-state index in [0.717, 1.165) is 12.2 Å². The molecule has 0 spiro atoms. The number of thioether (sulfide) groups is 1. The van der Waals surface area contributed by atoms with Crippen molar-refractivity contribution >= 4 is 17.6 Å². The molecule has 0 heterocycles. The quantitative estimate of drug-likeness (QED) is 0.476. The van der Waals surface area contributed by atoms with E-state index in [1.165, 1.54) is 28.9 Å². The Morgan fingerprint density at radius 3 is 2.71 bits per heavy atom. The summed E-state index contributed by atoms with van der Waals surface area (Å²) in [6, 6.07) is 6.59. The van der Waals surface area contributed by atoms with Crippen molar-refractivity contribution in [1.82, 2.24) is 0 Å². The monoisotopic (exact) mass is 248 g/mol. The fraction of sp³-hybridized carbons (Fsp3) is 0.500. The molecular formula is C14H20N2S. The topological polar surface area (TPSA) is 49.9 Å². The fourth-order valence-electron chi connectivity index (χ4n) is 2.05. The standard InChI is InChI=1S/C14H20N2S/c1-10-3-4-11(2)12(7-10)17-9-14(5-6-14)8-13(15)16/h3-4,7H,5-6,8-9H2,1-2H3,(H3,15,16). The van der Waals surface area contributed by atoms with Crippen LogP contribution in [0.15, 0.2) is 23.1 Å². The van der Waals surface area contributed by atoms with Gasteiger partial charge in [-0.2, -0.15) is 0 Å². The van der Waals surface area contributed by atoms with E-state index in [2.05, 4.69) is 32.0 Å². The Morgan fingerprint density at radius 2 is 2.12 bits per heavy atom. The van der Waals surface area contributed by atoms with Crippen molar-refractivity contribution in [2.24, 2.45) is 11.1 Å². The minimum absolute atomic E-state index is 0.326. The van der Waals surface area contributed by atoms with Gasteiger partial charge in [-0.05, 0) is 43.7 Å². The number of nitrogens with two attached hydrogens (primary N) is 1. The smallest absolute Gasteiger partial charge is 0.0911 e. The van der Waals surface area contributed by atoms with E-state index in [9.17, 15) is 0 Å². The number of hydrogen-bond acceptors (Lipinski definition) is 2. The zero-order valence-electron chi connectivity index (χ0n) is 10.5. The summed E-state index contributed by atoms with van der Waals surface area (Å²) in [5.41, 5.74) is 8.50. The highest BCUT2D eigenvalue weighted by Crippen LogP contribution is 2.52. The molecule has 0 radical (unpaired) electrons. The zero-order chi connectivity index (χ0) is 12.5. The largest absolute Gasteiger partial charge is 0.388 e. The van der Waals surface area contributed by atoms with Crippen LogP contribution in [0.4, 0.5) is 0 Å². The second-order valence-electron chi connectivity index (χ2n) is 5.26. The summed E-state index contributed by atoms with van der Waals surface area (Å²) in [6.45, 7) is 4.29. The van der Waals surface area contributed by atoms with E-state index in [1.807, 2.05) is 11.8 Å². The molecule has 0 aromatic heterocycles. The minimum Gasteiger partial charge on any atom is -0.388 e. The van der Waals surface area contributed by atoms with Crippen LogP contribution < -0.4 is 5.73 Å². The van der Waals surface area contributed by atoms with E-state index in [-0.39, 0.29) is 0 Å². The van der Waals surface area contributed by atoms with E-state index in [4.69, 9.17) is 11.1 Å². The first-order valence-corrected chi connectivity index (χ1v) is 7.02. The molecular weight excluding hydrogens is 228 g/mol. The summed E-state index contributed by atoms with van der Waals surface area (Å²) in [5.74, 6) is 1.43. The van der Waals surface area contributed by atoms with E-state index in [0.29, 0.717) is 11.3 Å². The molecule has 0 bridgehead atoms. The van der Waals surface area contributed by atoms with Crippen molar-refractivity contribution in [2.45, 2.75) is 38.0 Å². The average Bonchev–Trinajstić information content (AvgIpc) is 2.99. The summed E-state index contributed by atoms with van der Waals surface area (Å²) >= 11 is 1.92. The maximum absolute atomic E-state index is 7.42. The molecule has 1 aliphatic rings. The number of aryl methyl sites for hydroxylation is 2. The Hall–Kier alpha value is -0.960. The molecule has 2 rings (SSSR count). The normalized spacial score (nSPS) is 16.8. The van der Waals surface area contributed by atoms with Gasteiger partial charge >= 0.3 is 0 Å². The van der Waals surface area contributed by atoms with Crippen LogP contribution in [0, 0.1) is 24.7 Å². The van der Waals surface area contributed by atoms with Gasteiger partial charge in [-0.15, -0.1) is 11.8 Å². The van der Waals surface area contributed by atoms with Gasteiger partial charge in [0, 0.05) is 17.1 Å². The van der Waals surface area contributed by atoms with E-state index in [1.54, 1.807) is 0 Å². The van der Waals surface area contributed by atoms with Gasteiger partial charge in [0.25, 0.3) is 0 Å². The molecule has 92 valence electrons. The van der Waals surface area contributed by atoms with Gasteiger partial charge in [0.15, 0.2) is 0 Å². The first-order valence-electron chi connectivity index (χ1n) is 6.04. The maximum atomic E-state index is 7.42. The van der Waals surface area contributed by atoms with Gasteiger partial charge < -0.3 is 5.73 Å². The maximum Gasteiger partial charge on any atom is 0.0911 e. The van der Waals surface area contributed by atoms with Crippen LogP contribution in [0.1, 0.15) is 30.4 Å². The lowest BCUT2D eigenvalue weighted by Crippen LogP contribution is -2.18. The summed E-state index contributed by atoms with van der Waals surface area (Å²) in [6.07, 6.45) is 3.22. The number of rotatable bonds is 5. The van der Waals surface area contributed by atoms with Crippen LogP contribution >= 0.6 is 11.8 Å². The number of nitrogens with one attached hydrogen (secondary N) is 1. The van der Waals surface area contributed by atoms with Crippen LogP contribution in [0.5, 0.6) is 0 Å². The lowest BCUT2D eigenvalue weighted by atomic mass is 10.1. The lowest BCUT2D eigenvalue weighted by molar-refractivity contribution is 0.612. The van der Waals surface area contributed by atoms with Crippen LogP contribution in [-0.2, 0) is 0 Å². The average molecular weight is 248 g/mol. The number of amidine groups is 1. The molecule has 3 heteroatoms. The molecule has 1 aliphatic carbocycles. The Bertz CT molecular complexity index is 436. The first-order chi connectivity index (χ1) is 8.01. The molecule has 1 aromatic carbocycles. The summed E-state index contributed by atoms with van der Waals surface area (Å²) < 4.78 is 0. The third-order valence-corrected chi connectivity index (χ3v) is 4.91. The van der Waals surface area contributed by atoms with Crippen LogP contribution in [0.2, 0.25) is 0 Å². The summed E-state index contributed by atoms with van der Waals surface area (Å²) in [7, 11) is 0. The molecule has 0 saturated heterocycles. The van der Waals surface area contributed by atoms with Crippen molar-refractivity contribution in [1.29, 1.82) is 5.41 Å². The van der Waals surface area contributed by atoms with Crippen molar-refractivity contribution in [3.8, 4) is 0 Å². The van der Waals surface area contributed by atoms with Gasteiger partial charge in [-0.1, -0.05) is 17.7 Å². The molecule has 0 unspecified atom stereocenters.